The second-order valence-electron chi connectivity index (χ2n) is 4.24. The van der Waals surface area contributed by atoms with E-state index in [4.69, 9.17) is 0 Å². The molecule has 1 aromatic carbocycles. The van der Waals surface area contributed by atoms with Gasteiger partial charge in [-0.1, -0.05) is 20.8 Å². The molecule has 0 heterocycles. The Labute approximate surface area is 94.8 Å². The average molecular weight is 230 g/mol. The molecular formula is C10H14O2S2. The van der Waals surface area contributed by atoms with Gasteiger partial charge in [-0.15, -0.1) is 25.3 Å². The lowest BCUT2D eigenvalue weighted by Gasteiger charge is -2.22. The first kappa shape index (κ1) is 11.6. The zero-order chi connectivity index (χ0) is 11.1. The van der Waals surface area contributed by atoms with Gasteiger partial charge >= 0.3 is 0 Å². The molecule has 0 aromatic heterocycles. The van der Waals surface area contributed by atoms with Crippen molar-refractivity contribution in [3.8, 4) is 11.5 Å². The Bertz CT molecular complexity index is 367. The smallest absolute Gasteiger partial charge is 0.134 e. The topological polar surface area (TPSA) is 40.5 Å². The number of phenols is 2. The second-order valence-corrected chi connectivity index (χ2v) is 5.13. The van der Waals surface area contributed by atoms with E-state index in [9.17, 15) is 10.2 Å². The van der Waals surface area contributed by atoms with E-state index >= 15 is 0 Å². The van der Waals surface area contributed by atoms with Crippen LogP contribution in [0.25, 0.3) is 0 Å². The second kappa shape index (κ2) is 3.59. The molecule has 1 rings (SSSR count). The van der Waals surface area contributed by atoms with Gasteiger partial charge in [-0.3, -0.25) is 0 Å². The molecule has 14 heavy (non-hydrogen) atoms. The van der Waals surface area contributed by atoms with E-state index in [2.05, 4.69) is 25.3 Å². The zero-order valence-corrected chi connectivity index (χ0v) is 10.2. The molecule has 0 spiro atoms. The molecule has 0 saturated heterocycles. The standard InChI is InChI=1S/C10H14O2S2/c1-10(2,3)5-4-6(11)8(13)9(14)7(5)12/h4,11-14H,1-3H3. The predicted molar refractivity (Wildman–Crippen MR) is 63.0 cm³/mol. The molecule has 0 amide bonds. The van der Waals surface area contributed by atoms with Crippen LogP contribution in [0.2, 0.25) is 0 Å². The van der Waals surface area contributed by atoms with Gasteiger partial charge in [-0.25, -0.2) is 0 Å². The largest absolute Gasteiger partial charge is 0.507 e. The normalized spacial score (nSPS) is 11.8. The van der Waals surface area contributed by atoms with Crippen molar-refractivity contribution in [3.63, 3.8) is 0 Å². The Morgan fingerprint density at radius 1 is 1.07 bits per heavy atom. The van der Waals surface area contributed by atoms with Crippen LogP contribution < -0.4 is 0 Å². The number of hydrogen-bond donors (Lipinski definition) is 4. The van der Waals surface area contributed by atoms with Gasteiger partial charge in [0.1, 0.15) is 11.5 Å². The van der Waals surface area contributed by atoms with Gasteiger partial charge in [0, 0.05) is 5.56 Å². The van der Waals surface area contributed by atoms with Crippen molar-refractivity contribution in [2.24, 2.45) is 0 Å². The Morgan fingerprint density at radius 3 is 2.00 bits per heavy atom. The lowest BCUT2D eigenvalue weighted by molar-refractivity contribution is 0.413. The Hall–Kier alpha value is -0.480. The predicted octanol–water partition coefficient (Wildman–Crippen LogP) is 2.97. The lowest BCUT2D eigenvalue weighted by atomic mass is 9.86. The molecule has 0 unspecified atom stereocenters. The van der Waals surface area contributed by atoms with Crippen LogP contribution in [0.4, 0.5) is 0 Å². The maximum Gasteiger partial charge on any atom is 0.134 e. The fourth-order valence-corrected chi connectivity index (χ4v) is 1.61. The maximum absolute atomic E-state index is 9.80. The first-order valence-corrected chi connectivity index (χ1v) is 5.12. The molecule has 0 atom stereocenters. The number of rotatable bonds is 0. The molecule has 78 valence electrons. The molecule has 0 aliphatic heterocycles. The van der Waals surface area contributed by atoms with Crippen LogP contribution in [0.15, 0.2) is 15.9 Å². The van der Waals surface area contributed by atoms with Gasteiger partial charge in [0.05, 0.1) is 9.79 Å². The highest BCUT2D eigenvalue weighted by Gasteiger charge is 2.22. The summed E-state index contributed by atoms with van der Waals surface area (Å²) in [6, 6.07) is 1.53. The first-order valence-electron chi connectivity index (χ1n) is 4.22. The number of benzene rings is 1. The summed E-state index contributed by atoms with van der Waals surface area (Å²) in [4.78, 5) is 0.622. The third kappa shape index (κ3) is 1.96. The summed E-state index contributed by atoms with van der Waals surface area (Å²) >= 11 is 8.13. The van der Waals surface area contributed by atoms with Gasteiger partial charge in [0.25, 0.3) is 0 Å². The van der Waals surface area contributed by atoms with E-state index in [-0.39, 0.29) is 16.9 Å². The fraction of sp³-hybridized carbons (Fsp3) is 0.400. The molecule has 0 radical (unpaired) electrons. The van der Waals surface area contributed by atoms with E-state index < -0.39 is 0 Å². The van der Waals surface area contributed by atoms with Crippen molar-refractivity contribution in [1.29, 1.82) is 0 Å². The van der Waals surface area contributed by atoms with Gasteiger partial charge in [-0.05, 0) is 11.5 Å². The number of aromatic hydroxyl groups is 2. The van der Waals surface area contributed by atoms with Crippen molar-refractivity contribution in [3.05, 3.63) is 11.6 Å². The van der Waals surface area contributed by atoms with Crippen molar-refractivity contribution < 1.29 is 10.2 Å². The molecule has 0 saturated carbocycles. The Morgan fingerprint density at radius 2 is 1.57 bits per heavy atom. The van der Waals surface area contributed by atoms with E-state index in [1.54, 1.807) is 0 Å². The highest BCUT2D eigenvalue weighted by molar-refractivity contribution is 7.83. The van der Waals surface area contributed by atoms with Crippen LogP contribution in [0.3, 0.4) is 0 Å². The number of hydrogen-bond acceptors (Lipinski definition) is 4. The minimum absolute atomic E-state index is 0.0426. The van der Waals surface area contributed by atoms with Crippen molar-refractivity contribution in [2.45, 2.75) is 36.0 Å². The number of phenolic OH excluding ortho intramolecular Hbond substituents is 2. The highest BCUT2D eigenvalue weighted by atomic mass is 32.1. The average Bonchev–Trinajstić information content (AvgIpc) is 2.06. The van der Waals surface area contributed by atoms with Crippen LogP contribution in [0.1, 0.15) is 26.3 Å². The minimum Gasteiger partial charge on any atom is -0.507 e. The van der Waals surface area contributed by atoms with Gasteiger partial charge in [0.2, 0.25) is 0 Å². The third-order valence-corrected chi connectivity index (χ3v) is 3.10. The fourth-order valence-electron chi connectivity index (χ4n) is 1.21. The summed E-state index contributed by atoms with van der Waals surface area (Å²) in [5.74, 6) is 0.129. The van der Waals surface area contributed by atoms with Gasteiger partial charge < -0.3 is 10.2 Å². The lowest BCUT2D eigenvalue weighted by Crippen LogP contribution is -2.11. The zero-order valence-electron chi connectivity index (χ0n) is 8.37. The van der Waals surface area contributed by atoms with Crippen LogP contribution in [0.5, 0.6) is 11.5 Å². The summed E-state index contributed by atoms with van der Waals surface area (Å²) in [6.45, 7) is 5.85. The van der Waals surface area contributed by atoms with Crippen LogP contribution in [-0.2, 0) is 5.41 Å². The van der Waals surface area contributed by atoms with E-state index in [1.807, 2.05) is 20.8 Å². The molecule has 0 fully saturated rings. The van der Waals surface area contributed by atoms with Crippen molar-refractivity contribution in [1.82, 2.24) is 0 Å². The maximum atomic E-state index is 9.80. The monoisotopic (exact) mass is 230 g/mol. The molecule has 0 bridgehead atoms. The first-order chi connectivity index (χ1) is 6.25. The summed E-state index contributed by atoms with van der Waals surface area (Å²) in [7, 11) is 0. The van der Waals surface area contributed by atoms with E-state index in [0.717, 1.165) is 0 Å². The Balaban J connectivity index is 3.49. The number of thiol groups is 2. The van der Waals surface area contributed by atoms with Crippen LogP contribution in [-0.4, -0.2) is 10.2 Å². The van der Waals surface area contributed by atoms with Gasteiger partial charge in [0.15, 0.2) is 0 Å². The van der Waals surface area contributed by atoms with Crippen molar-refractivity contribution in [2.75, 3.05) is 0 Å². The molecule has 2 nitrogen and oxygen atoms in total. The molecule has 0 aliphatic carbocycles. The highest BCUT2D eigenvalue weighted by Crippen LogP contribution is 2.42. The summed E-state index contributed by atoms with van der Waals surface area (Å²) in [5.41, 5.74) is 0.429. The van der Waals surface area contributed by atoms with E-state index in [0.29, 0.717) is 15.4 Å². The van der Waals surface area contributed by atoms with Crippen molar-refractivity contribution >= 4 is 25.3 Å². The Kier molecular flexibility index (Phi) is 2.97. The minimum atomic E-state index is -0.236. The molecule has 2 N–H and O–H groups in total. The summed E-state index contributed by atoms with van der Waals surface area (Å²) in [6.07, 6.45) is 0. The SMILES string of the molecule is CC(C)(C)c1cc(O)c(S)c(S)c1O. The van der Waals surface area contributed by atoms with Crippen LogP contribution in [0, 0.1) is 0 Å². The molecule has 0 aliphatic rings. The summed E-state index contributed by atoms with van der Waals surface area (Å²) < 4.78 is 0. The quantitative estimate of drug-likeness (QED) is 0.409. The molecule has 1 aromatic rings. The van der Waals surface area contributed by atoms with E-state index in [1.165, 1.54) is 6.07 Å². The third-order valence-electron chi connectivity index (χ3n) is 2.04. The molecular weight excluding hydrogens is 216 g/mol. The summed E-state index contributed by atoms with van der Waals surface area (Å²) in [5, 5.41) is 19.3. The van der Waals surface area contributed by atoms with Gasteiger partial charge in [-0.2, -0.15) is 0 Å². The van der Waals surface area contributed by atoms with Crippen LogP contribution >= 0.6 is 25.3 Å². The molecule has 4 heteroatoms.